The Morgan fingerprint density at radius 2 is 1.91 bits per heavy atom. The number of nitrogens with one attached hydrogen (secondary N) is 1. The van der Waals surface area contributed by atoms with Gasteiger partial charge in [-0.05, 0) is 37.6 Å². The highest BCUT2D eigenvalue weighted by atomic mass is 16.5. The average Bonchev–Trinajstić information content (AvgIpc) is 2.53. The predicted molar refractivity (Wildman–Crippen MR) is 92.5 cm³/mol. The van der Waals surface area contributed by atoms with Crippen LogP contribution >= 0.6 is 0 Å². The van der Waals surface area contributed by atoms with Crippen molar-refractivity contribution in [1.29, 1.82) is 0 Å². The number of benzene rings is 2. The molecule has 0 saturated heterocycles. The van der Waals surface area contributed by atoms with Crippen molar-refractivity contribution in [2.75, 3.05) is 11.9 Å². The Bertz CT molecular complexity index is 636. The van der Waals surface area contributed by atoms with Gasteiger partial charge in [-0.15, -0.1) is 0 Å². The van der Waals surface area contributed by atoms with Crippen molar-refractivity contribution in [2.45, 2.75) is 13.3 Å². The molecule has 2 aromatic carbocycles. The van der Waals surface area contributed by atoms with Gasteiger partial charge in [0.25, 0.3) is 0 Å². The van der Waals surface area contributed by atoms with Crippen LogP contribution in [0.2, 0.25) is 0 Å². The van der Waals surface area contributed by atoms with E-state index in [0.717, 1.165) is 23.6 Å². The SMILES string of the molecule is C/C=C/CCN=C(N)Nc1cccc(Oc2ccccc2)c1. The molecular formula is C18H21N3O. The number of hydrogen-bond acceptors (Lipinski definition) is 2. The molecule has 0 fully saturated rings. The van der Waals surface area contributed by atoms with E-state index in [4.69, 9.17) is 10.5 Å². The number of ether oxygens (including phenoxy) is 1. The average molecular weight is 295 g/mol. The van der Waals surface area contributed by atoms with E-state index in [1.807, 2.05) is 67.6 Å². The molecule has 0 saturated carbocycles. The fraction of sp³-hybridized carbons (Fsp3) is 0.167. The van der Waals surface area contributed by atoms with Gasteiger partial charge in [0.2, 0.25) is 0 Å². The van der Waals surface area contributed by atoms with Crippen LogP contribution in [0.4, 0.5) is 5.69 Å². The second kappa shape index (κ2) is 8.52. The van der Waals surface area contributed by atoms with E-state index in [0.29, 0.717) is 12.5 Å². The first kappa shape index (κ1) is 15.6. The Morgan fingerprint density at radius 3 is 2.68 bits per heavy atom. The van der Waals surface area contributed by atoms with Crippen LogP contribution in [0.5, 0.6) is 11.5 Å². The smallest absolute Gasteiger partial charge is 0.193 e. The number of para-hydroxylation sites is 1. The molecule has 2 aromatic rings. The van der Waals surface area contributed by atoms with Gasteiger partial charge in [0.1, 0.15) is 11.5 Å². The van der Waals surface area contributed by atoms with Crippen molar-refractivity contribution in [3.05, 3.63) is 66.7 Å². The molecule has 2 rings (SSSR count). The van der Waals surface area contributed by atoms with Crippen LogP contribution in [-0.4, -0.2) is 12.5 Å². The number of anilines is 1. The van der Waals surface area contributed by atoms with E-state index in [-0.39, 0.29) is 0 Å². The van der Waals surface area contributed by atoms with Gasteiger partial charge in [0.15, 0.2) is 5.96 Å². The lowest BCUT2D eigenvalue weighted by Gasteiger charge is -2.09. The summed E-state index contributed by atoms with van der Waals surface area (Å²) in [5, 5.41) is 3.07. The Hall–Kier alpha value is -2.75. The van der Waals surface area contributed by atoms with Crippen molar-refractivity contribution in [3.8, 4) is 11.5 Å². The van der Waals surface area contributed by atoms with E-state index in [1.165, 1.54) is 0 Å². The lowest BCUT2D eigenvalue weighted by atomic mass is 10.3. The molecule has 0 amide bonds. The molecule has 4 nitrogen and oxygen atoms in total. The number of nitrogens with two attached hydrogens (primary N) is 1. The molecule has 0 heterocycles. The highest BCUT2D eigenvalue weighted by Gasteiger charge is 2.00. The second-order valence-corrected chi connectivity index (χ2v) is 4.69. The monoisotopic (exact) mass is 295 g/mol. The fourth-order valence-electron chi connectivity index (χ4n) is 1.88. The first-order valence-corrected chi connectivity index (χ1v) is 7.29. The van der Waals surface area contributed by atoms with Crippen molar-refractivity contribution in [1.82, 2.24) is 0 Å². The number of guanidine groups is 1. The number of nitrogens with zero attached hydrogens (tertiary/aromatic N) is 1. The minimum Gasteiger partial charge on any atom is -0.457 e. The molecule has 114 valence electrons. The molecule has 0 spiro atoms. The second-order valence-electron chi connectivity index (χ2n) is 4.69. The Kier molecular flexibility index (Phi) is 6.05. The fourth-order valence-corrected chi connectivity index (χ4v) is 1.88. The Morgan fingerprint density at radius 1 is 1.14 bits per heavy atom. The van der Waals surface area contributed by atoms with Crippen LogP contribution in [0, 0.1) is 0 Å². The zero-order valence-electron chi connectivity index (χ0n) is 12.7. The highest BCUT2D eigenvalue weighted by Crippen LogP contribution is 2.23. The summed E-state index contributed by atoms with van der Waals surface area (Å²) in [4.78, 5) is 4.26. The zero-order chi connectivity index (χ0) is 15.6. The maximum absolute atomic E-state index is 5.86. The van der Waals surface area contributed by atoms with E-state index >= 15 is 0 Å². The van der Waals surface area contributed by atoms with Crippen molar-refractivity contribution in [2.24, 2.45) is 10.7 Å². The van der Waals surface area contributed by atoms with E-state index in [1.54, 1.807) is 0 Å². The summed E-state index contributed by atoms with van der Waals surface area (Å²) in [6, 6.07) is 17.3. The molecule has 0 bridgehead atoms. The maximum Gasteiger partial charge on any atom is 0.193 e. The maximum atomic E-state index is 5.86. The van der Waals surface area contributed by atoms with Crippen molar-refractivity contribution >= 4 is 11.6 Å². The van der Waals surface area contributed by atoms with Gasteiger partial charge in [-0.3, -0.25) is 4.99 Å². The third kappa shape index (κ3) is 5.32. The molecular weight excluding hydrogens is 274 g/mol. The molecule has 22 heavy (non-hydrogen) atoms. The summed E-state index contributed by atoms with van der Waals surface area (Å²) < 4.78 is 5.78. The number of allylic oxidation sites excluding steroid dienone is 1. The van der Waals surface area contributed by atoms with Gasteiger partial charge in [-0.1, -0.05) is 36.4 Å². The minimum absolute atomic E-state index is 0.404. The lowest BCUT2D eigenvalue weighted by molar-refractivity contribution is 0.483. The molecule has 0 aliphatic rings. The molecule has 0 atom stereocenters. The van der Waals surface area contributed by atoms with Crippen LogP contribution in [0.3, 0.4) is 0 Å². The summed E-state index contributed by atoms with van der Waals surface area (Å²) in [5.41, 5.74) is 6.71. The van der Waals surface area contributed by atoms with Gasteiger partial charge in [-0.2, -0.15) is 0 Å². The molecule has 0 aliphatic heterocycles. The summed E-state index contributed by atoms with van der Waals surface area (Å²) in [7, 11) is 0. The minimum atomic E-state index is 0.404. The van der Waals surface area contributed by atoms with E-state index in [2.05, 4.69) is 16.4 Å². The number of rotatable bonds is 6. The van der Waals surface area contributed by atoms with Gasteiger partial charge in [0, 0.05) is 18.3 Å². The van der Waals surface area contributed by atoms with Crippen molar-refractivity contribution < 1.29 is 4.74 Å². The van der Waals surface area contributed by atoms with E-state index < -0.39 is 0 Å². The van der Waals surface area contributed by atoms with Crippen molar-refractivity contribution in [3.63, 3.8) is 0 Å². The highest BCUT2D eigenvalue weighted by molar-refractivity contribution is 5.92. The van der Waals surface area contributed by atoms with Gasteiger partial charge >= 0.3 is 0 Å². The van der Waals surface area contributed by atoms with Crippen LogP contribution in [0.1, 0.15) is 13.3 Å². The summed E-state index contributed by atoms with van der Waals surface area (Å²) in [6.07, 6.45) is 4.95. The standard InChI is InChI=1S/C18H21N3O/c1-2-3-7-13-20-18(19)21-15-9-8-12-17(14-15)22-16-10-5-4-6-11-16/h2-6,8-12,14H,7,13H2,1H3,(H3,19,20,21)/b3-2+. The van der Waals surface area contributed by atoms with Gasteiger partial charge in [0.05, 0.1) is 0 Å². The zero-order valence-corrected chi connectivity index (χ0v) is 12.7. The van der Waals surface area contributed by atoms with Crippen LogP contribution < -0.4 is 15.8 Å². The third-order valence-corrected chi connectivity index (χ3v) is 2.90. The first-order chi connectivity index (χ1) is 10.8. The molecule has 4 heteroatoms. The third-order valence-electron chi connectivity index (χ3n) is 2.90. The van der Waals surface area contributed by atoms with Crippen LogP contribution in [0.25, 0.3) is 0 Å². The number of hydrogen-bond donors (Lipinski definition) is 2. The molecule has 0 unspecified atom stereocenters. The Balaban J connectivity index is 1.96. The summed E-state index contributed by atoms with van der Waals surface area (Å²) in [6.45, 7) is 2.66. The predicted octanol–water partition coefficient (Wildman–Crippen LogP) is 4.17. The topological polar surface area (TPSA) is 59.6 Å². The molecule has 0 aliphatic carbocycles. The quantitative estimate of drug-likeness (QED) is 0.364. The largest absolute Gasteiger partial charge is 0.457 e. The molecule has 3 N–H and O–H groups in total. The first-order valence-electron chi connectivity index (χ1n) is 7.29. The summed E-state index contributed by atoms with van der Waals surface area (Å²) >= 11 is 0. The lowest BCUT2D eigenvalue weighted by Crippen LogP contribution is -2.22. The Labute approximate surface area is 131 Å². The molecule has 0 radical (unpaired) electrons. The van der Waals surface area contributed by atoms with Crippen LogP contribution in [-0.2, 0) is 0 Å². The summed E-state index contributed by atoms with van der Waals surface area (Å²) in [5.74, 6) is 1.95. The van der Waals surface area contributed by atoms with Crippen LogP contribution in [0.15, 0.2) is 71.7 Å². The van der Waals surface area contributed by atoms with E-state index in [9.17, 15) is 0 Å². The van der Waals surface area contributed by atoms with Gasteiger partial charge < -0.3 is 15.8 Å². The molecule has 0 aromatic heterocycles. The number of aliphatic imine (C=N–C) groups is 1. The van der Waals surface area contributed by atoms with Gasteiger partial charge in [-0.25, -0.2) is 0 Å². The normalized spacial score (nSPS) is 11.6.